The Morgan fingerprint density at radius 1 is 0.800 bits per heavy atom. The summed E-state index contributed by atoms with van der Waals surface area (Å²) in [6.07, 6.45) is 0. The van der Waals surface area contributed by atoms with E-state index < -0.39 is 0 Å². The van der Waals surface area contributed by atoms with Gasteiger partial charge in [-0.25, -0.2) is 0 Å². The molecule has 0 aromatic carbocycles. The van der Waals surface area contributed by atoms with Crippen molar-refractivity contribution >= 4 is 83.0 Å². The SMILES string of the molecule is P.[Al+3].[As-3].[As-3].[Ga+3]. The van der Waals surface area contributed by atoms with Crippen LogP contribution in [0.4, 0.5) is 0 Å². The van der Waals surface area contributed by atoms with Crippen molar-refractivity contribution in [3.63, 3.8) is 0 Å². The smallest absolute Gasteiger partial charge is 3.00 e. The van der Waals surface area contributed by atoms with E-state index in [1.165, 1.54) is 0 Å². The van der Waals surface area contributed by atoms with Gasteiger partial charge in [-0.2, -0.15) is 9.90 Å². The summed E-state index contributed by atoms with van der Waals surface area (Å²) in [5.74, 6) is 0. The van der Waals surface area contributed by atoms with Crippen LogP contribution >= 0.6 is 9.90 Å². The second kappa shape index (κ2) is 29.7. The zero-order chi connectivity index (χ0) is 0. The second-order valence-corrected chi connectivity index (χ2v) is 0. The summed E-state index contributed by atoms with van der Waals surface area (Å²) in [6, 6.07) is 0. The molecule has 0 aliphatic rings. The molecule has 0 nitrogen and oxygen atoms in total. The van der Waals surface area contributed by atoms with Crippen molar-refractivity contribution in [2.24, 2.45) is 0 Å². The zero-order valence-electron chi connectivity index (χ0n) is 2.76. The first-order valence-corrected chi connectivity index (χ1v) is 0. The summed E-state index contributed by atoms with van der Waals surface area (Å²) < 4.78 is 0. The van der Waals surface area contributed by atoms with Crippen LogP contribution < -0.4 is 0 Å². The van der Waals surface area contributed by atoms with Crippen LogP contribution in [0.5, 0.6) is 0 Å². The summed E-state index contributed by atoms with van der Waals surface area (Å²) in [7, 11) is 0. The van der Waals surface area contributed by atoms with Gasteiger partial charge in [0.25, 0.3) is 0 Å². The van der Waals surface area contributed by atoms with Gasteiger partial charge in [0.05, 0.1) is 0 Å². The van der Waals surface area contributed by atoms with Crippen molar-refractivity contribution in [1.82, 2.24) is 0 Å². The van der Waals surface area contributed by atoms with Crippen LogP contribution in [0.3, 0.4) is 0 Å². The molecular formula is H3AlAs2GaP. The van der Waals surface area contributed by atoms with Gasteiger partial charge in [-0.15, -0.1) is 0 Å². The van der Waals surface area contributed by atoms with Gasteiger partial charge in [0.2, 0.25) is 0 Å². The van der Waals surface area contributed by atoms with Crippen LogP contribution in [-0.2, 0) is 0 Å². The third-order valence-electron chi connectivity index (χ3n) is 0. The fourth-order valence-electron chi connectivity index (χ4n) is 0. The molecule has 0 bridgehead atoms. The first-order valence-electron chi connectivity index (χ1n) is 0. The zero-order valence-corrected chi connectivity index (χ0v) is 11.5. The van der Waals surface area contributed by atoms with Crippen LogP contribution in [0.25, 0.3) is 0 Å². The molecule has 0 aliphatic heterocycles. The minimum Gasteiger partial charge on any atom is -3.00 e. The normalized spacial score (nSPS) is 0. The molecule has 1 atom stereocenters. The minimum atomic E-state index is 0. The van der Waals surface area contributed by atoms with Crippen molar-refractivity contribution in [3.8, 4) is 0 Å². The van der Waals surface area contributed by atoms with Crippen molar-refractivity contribution in [2.45, 2.75) is 0 Å². The van der Waals surface area contributed by atoms with Crippen LogP contribution in [-0.4, -0.2) is 73.1 Å². The molecule has 0 radical (unpaired) electrons. The summed E-state index contributed by atoms with van der Waals surface area (Å²) in [4.78, 5) is 0. The van der Waals surface area contributed by atoms with Gasteiger partial charge in [-0.05, 0) is 0 Å². The van der Waals surface area contributed by atoms with E-state index in [0.29, 0.717) is 0 Å². The molecule has 0 rings (SSSR count). The molecule has 0 N–H and O–H groups in total. The molecule has 0 saturated heterocycles. The van der Waals surface area contributed by atoms with Crippen molar-refractivity contribution < 1.29 is 0 Å². The Morgan fingerprint density at radius 3 is 0.800 bits per heavy atom. The number of hydrogen-bond acceptors (Lipinski definition) is 0. The van der Waals surface area contributed by atoms with Gasteiger partial charge in [0, 0.05) is 0 Å². The van der Waals surface area contributed by atoms with E-state index in [0.717, 1.165) is 0 Å². The topological polar surface area (TPSA) is 0 Å². The van der Waals surface area contributed by atoms with E-state index in [4.69, 9.17) is 0 Å². The van der Waals surface area contributed by atoms with Gasteiger partial charge in [-0.1, -0.05) is 0 Å². The number of hydrogen-bond donors (Lipinski definition) is 0. The molecule has 0 aromatic rings. The molecule has 5 heteroatoms. The van der Waals surface area contributed by atoms with Crippen LogP contribution in [0.2, 0.25) is 0 Å². The van der Waals surface area contributed by atoms with E-state index in [9.17, 15) is 0 Å². The molecule has 0 amide bonds. The summed E-state index contributed by atoms with van der Waals surface area (Å²) in [6.45, 7) is 0. The van der Waals surface area contributed by atoms with Gasteiger partial charge < -0.3 is 35.9 Å². The largest absolute Gasteiger partial charge is 3.00 e. The van der Waals surface area contributed by atoms with Crippen LogP contribution in [0, 0.1) is 0 Å². The predicted molar refractivity (Wildman–Crippen MR) is 34.1 cm³/mol. The van der Waals surface area contributed by atoms with E-state index in [1.54, 1.807) is 0 Å². The maximum Gasteiger partial charge on any atom is 3.00 e. The molecule has 0 heterocycles. The van der Waals surface area contributed by atoms with Gasteiger partial charge >= 0.3 is 37.2 Å². The third kappa shape index (κ3) is 20.2. The molecule has 0 spiro atoms. The summed E-state index contributed by atoms with van der Waals surface area (Å²) in [5.41, 5.74) is 0. The van der Waals surface area contributed by atoms with Crippen LogP contribution in [0.1, 0.15) is 0 Å². The van der Waals surface area contributed by atoms with Crippen molar-refractivity contribution in [1.29, 1.82) is 0 Å². The summed E-state index contributed by atoms with van der Waals surface area (Å²) in [5, 5.41) is 0. The molecule has 24 valence electrons. The molecule has 1 unspecified atom stereocenters. The standard InChI is InChI=1S/Al.2As.Ga.H3P/h;;;;1H3/q+3;2*-3;+3;. The average Bonchev–Trinajstić information content (AvgIpc) is 0. The maximum absolute atomic E-state index is 0. The first kappa shape index (κ1) is 47.2. The Kier molecular flexibility index (Phi) is 281. The monoisotopic (exact) mass is 280 g/mol. The Balaban J connectivity index is 0. The van der Waals surface area contributed by atoms with Gasteiger partial charge in [-0.3, -0.25) is 0 Å². The quantitative estimate of drug-likeness (QED) is 0.376. The second-order valence-electron chi connectivity index (χ2n) is 0. The molecule has 0 fully saturated rings. The fraction of sp³-hybridized carbons (Fsp3) is 0. The van der Waals surface area contributed by atoms with Gasteiger partial charge in [0.1, 0.15) is 0 Å². The van der Waals surface area contributed by atoms with Gasteiger partial charge in [0.15, 0.2) is 0 Å². The van der Waals surface area contributed by atoms with Crippen molar-refractivity contribution in [2.75, 3.05) is 0 Å². The van der Waals surface area contributed by atoms with E-state index in [1.807, 2.05) is 0 Å². The van der Waals surface area contributed by atoms with Crippen molar-refractivity contribution in [3.05, 3.63) is 0 Å². The maximum atomic E-state index is 0. The fourth-order valence-corrected chi connectivity index (χ4v) is 0. The molecule has 5 heavy (non-hydrogen) atoms. The molecule has 0 aromatic heterocycles. The summed E-state index contributed by atoms with van der Waals surface area (Å²) >= 11 is 0. The number of rotatable bonds is 0. The predicted octanol–water partition coefficient (Wildman–Crippen LogP) is -1.47. The van der Waals surface area contributed by atoms with E-state index in [-0.39, 0.29) is 83.0 Å². The Labute approximate surface area is 82.0 Å². The van der Waals surface area contributed by atoms with Crippen LogP contribution in [0.15, 0.2) is 0 Å². The Morgan fingerprint density at radius 2 is 0.800 bits per heavy atom. The molecule has 0 saturated carbocycles. The Bertz CT molecular complexity index is 9.61. The van der Waals surface area contributed by atoms with E-state index in [2.05, 4.69) is 0 Å². The Hall–Kier alpha value is 2.72. The third-order valence-corrected chi connectivity index (χ3v) is 0. The average molecular weight is 281 g/mol. The van der Waals surface area contributed by atoms with E-state index >= 15 is 0 Å². The minimum absolute atomic E-state index is 0. The molecule has 0 aliphatic carbocycles. The first-order chi connectivity index (χ1) is 0. The molecular weight excluding hydrogens is 278 g/mol.